The van der Waals surface area contributed by atoms with E-state index in [4.69, 9.17) is 27.4 Å². The van der Waals surface area contributed by atoms with Gasteiger partial charge in [0.15, 0.2) is 5.11 Å². The van der Waals surface area contributed by atoms with Crippen molar-refractivity contribution in [3.05, 3.63) is 48.5 Å². The normalized spacial score (nSPS) is 12.1. The number of hydrogen-bond acceptors (Lipinski definition) is 6. The van der Waals surface area contributed by atoms with E-state index < -0.39 is 18.4 Å². The molecule has 0 spiro atoms. The Kier molecular flexibility index (Phi) is 16.9. The second kappa shape index (κ2) is 18.5. The van der Waals surface area contributed by atoms with E-state index in [1.807, 2.05) is 74.1 Å². The van der Waals surface area contributed by atoms with E-state index in [1.54, 1.807) is 0 Å². The molecule has 5 nitrogen and oxygen atoms in total. The van der Waals surface area contributed by atoms with Crippen LogP contribution in [-0.2, 0) is 0 Å². The van der Waals surface area contributed by atoms with E-state index in [0.717, 1.165) is 22.9 Å². The van der Waals surface area contributed by atoms with Crippen LogP contribution in [0.1, 0.15) is 34.6 Å². The molecule has 33 heavy (non-hydrogen) atoms. The fourth-order valence-corrected chi connectivity index (χ4v) is 21.3. The van der Waals surface area contributed by atoms with Crippen LogP contribution in [0.15, 0.2) is 48.5 Å². The van der Waals surface area contributed by atoms with Crippen molar-refractivity contribution in [1.82, 2.24) is 0 Å². The van der Waals surface area contributed by atoms with Crippen molar-refractivity contribution in [3.8, 4) is 11.5 Å². The van der Waals surface area contributed by atoms with Gasteiger partial charge in [-0.3, -0.25) is 0 Å². The maximum atomic E-state index is 5.68. The first-order valence-electron chi connectivity index (χ1n) is 11.4. The molecule has 0 saturated carbocycles. The van der Waals surface area contributed by atoms with Gasteiger partial charge < -0.3 is 20.1 Å². The fourth-order valence-electron chi connectivity index (χ4n) is 2.67. The third kappa shape index (κ3) is 14.2. The van der Waals surface area contributed by atoms with Crippen LogP contribution in [0.3, 0.4) is 0 Å². The fraction of sp³-hybridized carbons (Fsp3) is 0.458. The molecule has 2 aromatic carbocycles. The summed E-state index contributed by atoms with van der Waals surface area (Å²) in [5.41, 5.74) is 7.50. The van der Waals surface area contributed by atoms with Crippen LogP contribution in [0.2, 0.25) is 4.44 Å². The predicted molar refractivity (Wildman–Crippen MR) is 157 cm³/mol. The molecule has 184 valence electrons. The number of hydrogen-bond donors (Lipinski definition) is 3. The number of thioether (sulfide) groups is 1. The first kappa shape index (κ1) is 30.2. The molecule has 0 amide bonds. The third-order valence-corrected chi connectivity index (χ3v) is 25.6. The minimum absolute atomic E-state index is 0.346. The third-order valence-electron chi connectivity index (χ3n) is 4.25. The van der Waals surface area contributed by atoms with E-state index in [1.165, 1.54) is 14.0 Å². The molecule has 0 aliphatic rings. The van der Waals surface area contributed by atoms with Crippen LogP contribution >= 0.6 is 32.9 Å². The van der Waals surface area contributed by atoms with Crippen LogP contribution in [0, 0.1) is 0 Å². The number of anilines is 2. The van der Waals surface area contributed by atoms with Gasteiger partial charge in [0, 0.05) is 11.4 Å². The summed E-state index contributed by atoms with van der Waals surface area (Å²) in [6.07, 6.45) is 0. The molecule has 2 atom stereocenters. The van der Waals surface area contributed by atoms with Crippen LogP contribution in [-0.4, -0.2) is 51.6 Å². The van der Waals surface area contributed by atoms with Gasteiger partial charge in [0.1, 0.15) is 11.5 Å². The van der Waals surface area contributed by atoms with Crippen LogP contribution in [0.25, 0.3) is 0 Å². The summed E-state index contributed by atoms with van der Waals surface area (Å²) in [6, 6.07) is 15.3. The summed E-state index contributed by atoms with van der Waals surface area (Å²) < 4.78 is 13.7. The van der Waals surface area contributed by atoms with Gasteiger partial charge in [0.2, 0.25) is 0 Å². The van der Waals surface area contributed by atoms with E-state index in [0.29, 0.717) is 23.7 Å². The zero-order valence-electron chi connectivity index (χ0n) is 20.4. The molecule has 2 unspecified atom stereocenters. The van der Waals surface area contributed by atoms with Crippen molar-refractivity contribution in [2.24, 2.45) is 5.73 Å². The first-order chi connectivity index (χ1) is 15.9. The SMILES string of the molecule is CCOc1ccc(NC(=S)Nc2ccc(OCC)cc2)cc1.CC[S][SnH]([CH2]C)[CH2]SC(C)N. The standard InChI is InChI=1S/C17H20N2O2S.C3H8NS.C2H6S.C2H5.Sn.H/c1-3-20-15-9-5-13(6-10-15)18-17(22)19-14-7-11-16(12-8-14)21-4-2;1-3(4)5-2;1-2-3;1-2;;/h5-12H,3-4H2,1-2H3,(H2,18,19,22);3H,2,4H2,1H3;3H,2H2,1H3;1H2,2H3;;/q;;;;+1;/p-1. The molecule has 0 fully saturated rings. The Morgan fingerprint density at radius 2 is 1.36 bits per heavy atom. The number of ether oxygens (including phenoxy) is 2. The second-order valence-corrected chi connectivity index (χ2v) is 25.8. The Morgan fingerprint density at radius 3 is 1.70 bits per heavy atom. The molecule has 0 saturated heterocycles. The number of benzene rings is 2. The Hall–Kier alpha value is -0.811. The monoisotopic (exact) mass is 617 g/mol. The molecule has 0 aliphatic carbocycles. The van der Waals surface area contributed by atoms with Crippen LogP contribution < -0.4 is 25.8 Å². The Labute approximate surface area is 219 Å². The van der Waals surface area contributed by atoms with Gasteiger partial charge in [-0.25, -0.2) is 0 Å². The van der Waals surface area contributed by atoms with Crippen LogP contribution in [0.5, 0.6) is 11.5 Å². The van der Waals surface area contributed by atoms with Gasteiger partial charge in [0.05, 0.1) is 13.2 Å². The average molecular weight is 617 g/mol. The molecule has 4 N–H and O–H groups in total. The predicted octanol–water partition coefficient (Wildman–Crippen LogP) is 6.35. The van der Waals surface area contributed by atoms with Gasteiger partial charge in [0.25, 0.3) is 0 Å². The van der Waals surface area contributed by atoms with Gasteiger partial charge in [-0.05, 0) is 74.6 Å². The zero-order chi connectivity index (χ0) is 24.5. The van der Waals surface area contributed by atoms with Crippen molar-refractivity contribution >= 4 is 67.8 Å². The molecule has 0 aromatic heterocycles. The molecule has 0 aliphatic heterocycles. The van der Waals surface area contributed by atoms with Gasteiger partial charge in [-0.15, -0.1) is 0 Å². The average Bonchev–Trinajstić information content (AvgIpc) is 2.80. The Morgan fingerprint density at radius 1 is 0.909 bits per heavy atom. The number of rotatable bonds is 12. The number of nitrogens with two attached hydrogens (primary N) is 1. The maximum absolute atomic E-state index is 5.68. The molecular weight excluding hydrogens is 577 g/mol. The van der Waals surface area contributed by atoms with Crippen LogP contribution in [0.4, 0.5) is 11.4 Å². The zero-order valence-corrected chi connectivity index (χ0v) is 26.2. The Balaban J connectivity index is 0.000000420. The Bertz CT molecular complexity index is 724. The van der Waals surface area contributed by atoms with Crippen molar-refractivity contribution in [1.29, 1.82) is 0 Å². The first-order valence-corrected chi connectivity index (χ1v) is 22.6. The molecule has 0 bridgehead atoms. The van der Waals surface area contributed by atoms with E-state index in [2.05, 4.69) is 40.4 Å². The molecule has 2 rings (SSSR count). The van der Waals surface area contributed by atoms with E-state index in [9.17, 15) is 0 Å². The summed E-state index contributed by atoms with van der Waals surface area (Å²) in [5.74, 6) is 3.01. The molecular formula is C24H39N3O2S3Sn. The summed E-state index contributed by atoms with van der Waals surface area (Å²) in [6.45, 7) is 11.9. The van der Waals surface area contributed by atoms with Gasteiger partial charge in [-0.2, -0.15) is 0 Å². The number of thiocarbonyl (C=S) groups is 1. The molecule has 0 radical (unpaired) electrons. The van der Waals surface area contributed by atoms with Gasteiger partial charge >= 0.3 is 84.9 Å². The summed E-state index contributed by atoms with van der Waals surface area (Å²) in [5, 5.41) is 7.15. The van der Waals surface area contributed by atoms with Crippen molar-refractivity contribution in [2.75, 3.05) is 33.4 Å². The second-order valence-electron chi connectivity index (χ2n) is 7.02. The molecule has 2 aromatic rings. The summed E-state index contributed by atoms with van der Waals surface area (Å²) in [7, 11) is 2.25. The van der Waals surface area contributed by atoms with Gasteiger partial charge in [-0.1, -0.05) is 0 Å². The summed E-state index contributed by atoms with van der Waals surface area (Å²) in [4.78, 5) is 0. The minimum atomic E-state index is -1.12. The summed E-state index contributed by atoms with van der Waals surface area (Å²) >= 11 is 6.14. The van der Waals surface area contributed by atoms with Crippen molar-refractivity contribution in [2.45, 2.75) is 44.4 Å². The van der Waals surface area contributed by atoms with E-state index in [-0.39, 0.29) is 0 Å². The molecule has 9 heteroatoms. The quantitative estimate of drug-likeness (QED) is 0.145. The molecule has 0 heterocycles. The topological polar surface area (TPSA) is 68.5 Å². The van der Waals surface area contributed by atoms with Crippen molar-refractivity contribution in [3.63, 3.8) is 0 Å². The van der Waals surface area contributed by atoms with Crippen molar-refractivity contribution < 1.29 is 9.47 Å². The van der Waals surface area contributed by atoms with E-state index >= 15 is 0 Å². The number of nitrogens with one attached hydrogen (secondary N) is 2.